The molecule has 5 nitrogen and oxygen atoms in total. The fraction of sp³-hybridized carbons (Fsp3) is 0.350. The third-order valence-corrected chi connectivity index (χ3v) is 5.14. The molecule has 1 saturated heterocycles. The van der Waals surface area contributed by atoms with Crippen LogP contribution in [-0.4, -0.2) is 55.2 Å². The lowest BCUT2D eigenvalue weighted by molar-refractivity contribution is 0.311. The van der Waals surface area contributed by atoms with E-state index in [-0.39, 0.29) is 0 Å². The smallest absolute Gasteiger partial charge is 0.142 e. The van der Waals surface area contributed by atoms with Gasteiger partial charge in [0.1, 0.15) is 11.4 Å². The maximum atomic E-state index is 5.68. The number of fused-ring (bicyclic) bond motifs is 1. The van der Waals surface area contributed by atoms with E-state index in [1.807, 2.05) is 12.4 Å². The van der Waals surface area contributed by atoms with Crippen LogP contribution in [-0.2, 0) is 0 Å². The molecule has 130 valence electrons. The molecule has 5 heteroatoms. The number of aromatic amines is 1. The molecule has 0 saturated carbocycles. The number of pyridine rings is 1. The molecule has 0 radical (unpaired) electrons. The Kier molecular flexibility index (Phi) is 4.09. The highest BCUT2D eigenvalue weighted by molar-refractivity contribution is 5.84. The Morgan fingerprint density at radius 1 is 1.12 bits per heavy atom. The highest BCUT2D eigenvalue weighted by atomic mass is 16.5. The van der Waals surface area contributed by atoms with Gasteiger partial charge in [0.25, 0.3) is 0 Å². The zero-order valence-corrected chi connectivity index (χ0v) is 15.0. The third kappa shape index (κ3) is 2.85. The highest BCUT2D eigenvalue weighted by Gasteiger charge is 2.21. The minimum absolute atomic E-state index is 0.925. The number of likely N-dealkylation sites (N-methyl/N-ethyl adjacent to an activating group) is 1. The first-order valence-electron chi connectivity index (χ1n) is 8.72. The van der Waals surface area contributed by atoms with Crippen LogP contribution in [0.1, 0.15) is 5.56 Å². The first-order valence-corrected chi connectivity index (χ1v) is 8.72. The molecule has 1 aliphatic heterocycles. The second kappa shape index (κ2) is 6.41. The number of hydrogen-bond donors (Lipinski definition) is 1. The van der Waals surface area contributed by atoms with Crippen LogP contribution in [0.4, 0.5) is 5.69 Å². The molecule has 0 bridgehead atoms. The number of ether oxygens (including phenoxy) is 1. The quantitative estimate of drug-likeness (QED) is 0.797. The maximum absolute atomic E-state index is 5.68. The van der Waals surface area contributed by atoms with Crippen LogP contribution in [0.5, 0.6) is 5.75 Å². The van der Waals surface area contributed by atoms with E-state index in [1.165, 1.54) is 16.8 Å². The lowest BCUT2D eigenvalue weighted by Gasteiger charge is -2.36. The summed E-state index contributed by atoms with van der Waals surface area (Å²) in [6.07, 6.45) is 3.87. The summed E-state index contributed by atoms with van der Waals surface area (Å²) in [7, 11) is 3.93. The normalized spacial score (nSPS) is 15.7. The molecule has 1 aromatic carbocycles. The van der Waals surface area contributed by atoms with Crippen LogP contribution in [0.15, 0.2) is 36.7 Å². The zero-order chi connectivity index (χ0) is 17.4. The summed E-state index contributed by atoms with van der Waals surface area (Å²) >= 11 is 0. The van der Waals surface area contributed by atoms with Crippen molar-refractivity contribution >= 4 is 16.7 Å². The van der Waals surface area contributed by atoms with Crippen molar-refractivity contribution in [1.82, 2.24) is 14.9 Å². The molecule has 1 aliphatic rings. The first kappa shape index (κ1) is 16.0. The molecule has 0 atom stereocenters. The van der Waals surface area contributed by atoms with E-state index in [1.54, 1.807) is 7.11 Å². The van der Waals surface area contributed by atoms with Gasteiger partial charge in [-0.2, -0.15) is 0 Å². The van der Waals surface area contributed by atoms with Crippen molar-refractivity contribution in [2.75, 3.05) is 45.2 Å². The molecular weight excluding hydrogens is 312 g/mol. The molecule has 0 spiro atoms. The van der Waals surface area contributed by atoms with Crippen molar-refractivity contribution < 1.29 is 4.74 Å². The van der Waals surface area contributed by atoms with Crippen LogP contribution in [0.3, 0.4) is 0 Å². The van der Waals surface area contributed by atoms with E-state index in [0.29, 0.717) is 0 Å². The van der Waals surface area contributed by atoms with Gasteiger partial charge >= 0.3 is 0 Å². The van der Waals surface area contributed by atoms with E-state index >= 15 is 0 Å². The van der Waals surface area contributed by atoms with Gasteiger partial charge in [-0.15, -0.1) is 0 Å². The van der Waals surface area contributed by atoms with Gasteiger partial charge in [-0.05, 0) is 43.3 Å². The summed E-state index contributed by atoms with van der Waals surface area (Å²) in [5, 5.41) is 1.13. The van der Waals surface area contributed by atoms with E-state index in [9.17, 15) is 0 Å². The number of nitrogens with zero attached hydrogens (tertiary/aromatic N) is 3. The van der Waals surface area contributed by atoms with Gasteiger partial charge in [0.2, 0.25) is 0 Å². The largest absolute Gasteiger partial charge is 0.495 e. The number of nitrogens with one attached hydrogen (secondary N) is 1. The van der Waals surface area contributed by atoms with Crippen molar-refractivity contribution in [1.29, 1.82) is 0 Å². The molecule has 3 heterocycles. The average Bonchev–Trinajstić information content (AvgIpc) is 3.10. The van der Waals surface area contributed by atoms with Gasteiger partial charge in [-0.1, -0.05) is 6.07 Å². The Hall–Kier alpha value is -2.53. The van der Waals surface area contributed by atoms with E-state index in [2.05, 4.69) is 58.0 Å². The third-order valence-electron chi connectivity index (χ3n) is 5.14. The molecular formula is C20H24N4O. The second-order valence-electron chi connectivity index (χ2n) is 6.72. The number of rotatable bonds is 3. The molecule has 3 aromatic rings. The summed E-state index contributed by atoms with van der Waals surface area (Å²) in [6, 6.07) is 8.48. The van der Waals surface area contributed by atoms with Gasteiger partial charge in [0, 0.05) is 49.5 Å². The lowest BCUT2D eigenvalue weighted by Crippen LogP contribution is -2.44. The topological polar surface area (TPSA) is 44.4 Å². The highest BCUT2D eigenvalue weighted by Crippen LogP contribution is 2.39. The van der Waals surface area contributed by atoms with Gasteiger partial charge in [0.15, 0.2) is 0 Å². The minimum atomic E-state index is 0.925. The Morgan fingerprint density at radius 2 is 1.92 bits per heavy atom. The first-order chi connectivity index (χ1) is 12.2. The van der Waals surface area contributed by atoms with Gasteiger partial charge in [0.05, 0.1) is 12.8 Å². The molecule has 2 aromatic heterocycles. The van der Waals surface area contributed by atoms with Crippen LogP contribution in [0, 0.1) is 6.92 Å². The van der Waals surface area contributed by atoms with Gasteiger partial charge in [-0.3, -0.25) is 0 Å². The monoisotopic (exact) mass is 336 g/mol. The lowest BCUT2D eigenvalue weighted by atomic mass is 9.98. The molecule has 0 unspecified atom stereocenters. The van der Waals surface area contributed by atoms with Crippen LogP contribution in [0.2, 0.25) is 0 Å². The van der Waals surface area contributed by atoms with Gasteiger partial charge < -0.3 is 19.5 Å². The fourth-order valence-corrected chi connectivity index (χ4v) is 3.66. The summed E-state index contributed by atoms with van der Waals surface area (Å²) < 4.78 is 5.68. The molecule has 0 amide bonds. The fourth-order valence-electron chi connectivity index (χ4n) is 3.66. The summed E-state index contributed by atoms with van der Waals surface area (Å²) in [5.74, 6) is 0.946. The second-order valence-corrected chi connectivity index (χ2v) is 6.72. The van der Waals surface area contributed by atoms with Crippen molar-refractivity contribution in [2.45, 2.75) is 6.92 Å². The van der Waals surface area contributed by atoms with Crippen LogP contribution < -0.4 is 9.64 Å². The molecule has 1 N–H and O–H groups in total. The van der Waals surface area contributed by atoms with Crippen molar-refractivity contribution in [2.24, 2.45) is 0 Å². The Morgan fingerprint density at radius 3 is 2.68 bits per heavy atom. The molecule has 25 heavy (non-hydrogen) atoms. The van der Waals surface area contributed by atoms with Crippen molar-refractivity contribution in [3.63, 3.8) is 0 Å². The molecule has 0 aliphatic carbocycles. The number of H-pyrrole nitrogens is 1. The number of anilines is 1. The summed E-state index contributed by atoms with van der Waals surface area (Å²) in [4.78, 5) is 12.5. The minimum Gasteiger partial charge on any atom is -0.495 e. The standard InChI is InChI=1S/C20H24N4O/c1-14-17(16-12-15-6-7-21-20(15)22-13-16)4-5-18(25-3)19(14)24-10-8-23(2)9-11-24/h4-7,12-13H,8-11H2,1-3H3,(H,21,22). The van der Waals surface area contributed by atoms with E-state index in [0.717, 1.165) is 48.5 Å². The summed E-state index contributed by atoms with van der Waals surface area (Å²) in [6.45, 7) is 6.37. The number of aromatic nitrogens is 2. The van der Waals surface area contributed by atoms with E-state index in [4.69, 9.17) is 4.74 Å². The van der Waals surface area contributed by atoms with Crippen molar-refractivity contribution in [3.8, 4) is 16.9 Å². The average molecular weight is 336 g/mol. The zero-order valence-electron chi connectivity index (χ0n) is 15.0. The Balaban J connectivity index is 1.79. The SMILES string of the molecule is COc1ccc(-c2cnc3[nH]ccc3c2)c(C)c1N1CCN(C)CC1. The number of hydrogen-bond acceptors (Lipinski definition) is 4. The molecule has 1 fully saturated rings. The van der Waals surface area contributed by atoms with Crippen LogP contribution >= 0.6 is 0 Å². The molecule has 4 rings (SSSR count). The van der Waals surface area contributed by atoms with Crippen LogP contribution in [0.25, 0.3) is 22.2 Å². The van der Waals surface area contributed by atoms with Crippen molar-refractivity contribution in [3.05, 3.63) is 42.2 Å². The maximum Gasteiger partial charge on any atom is 0.142 e. The van der Waals surface area contributed by atoms with Gasteiger partial charge in [-0.25, -0.2) is 4.98 Å². The Bertz CT molecular complexity index is 894. The number of piperazine rings is 1. The summed E-state index contributed by atoms with van der Waals surface area (Å²) in [5.41, 5.74) is 5.74. The predicted molar refractivity (Wildman–Crippen MR) is 103 cm³/mol. The van der Waals surface area contributed by atoms with E-state index < -0.39 is 0 Å². The number of benzene rings is 1. The Labute approximate surface area is 148 Å². The number of methoxy groups -OCH3 is 1. The predicted octanol–water partition coefficient (Wildman–Crippen LogP) is 3.30.